The molecule has 31 heavy (non-hydrogen) atoms. The number of nitrogens with zero attached hydrogens (tertiary/aromatic N) is 2. The van der Waals surface area contributed by atoms with E-state index in [2.05, 4.69) is 25.3 Å². The van der Waals surface area contributed by atoms with E-state index in [1.807, 2.05) is 68.4 Å². The molecule has 3 N–H and O–H groups in total. The zero-order chi connectivity index (χ0) is 22.1. The van der Waals surface area contributed by atoms with E-state index in [0.29, 0.717) is 21.8 Å². The summed E-state index contributed by atoms with van der Waals surface area (Å²) in [4.78, 5) is 18.1. The zero-order valence-corrected chi connectivity index (χ0v) is 20.4. The molecule has 0 saturated heterocycles. The largest absolute Gasteiger partial charge is 0.332 e. The number of benzene rings is 2. The van der Waals surface area contributed by atoms with Gasteiger partial charge in [0.25, 0.3) is 0 Å². The molecule has 1 unspecified atom stereocenters. The molecular weight excluding hydrogens is 467 g/mol. The van der Waals surface area contributed by atoms with Gasteiger partial charge in [0.15, 0.2) is 5.11 Å². The minimum absolute atomic E-state index is 0.0728. The molecule has 0 bridgehead atoms. The molecule has 0 aliphatic carbocycles. The molecular formula is C21H23N5OS4. The summed E-state index contributed by atoms with van der Waals surface area (Å²) >= 11 is 9.68. The summed E-state index contributed by atoms with van der Waals surface area (Å²) in [6.45, 7) is 4.04. The molecule has 0 aliphatic rings. The highest BCUT2D eigenvalue weighted by molar-refractivity contribution is 8.00. The maximum atomic E-state index is 12.7. The Morgan fingerprint density at radius 1 is 1.06 bits per heavy atom. The van der Waals surface area contributed by atoms with Gasteiger partial charge in [-0.3, -0.25) is 10.1 Å². The predicted octanol–water partition coefficient (Wildman–Crippen LogP) is 5.97. The average Bonchev–Trinajstić information content (AvgIpc) is 3.20. The van der Waals surface area contributed by atoms with Crippen molar-refractivity contribution in [3.63, 3.8) is 0 Å². The third kappa shape index (κ3) is 7.49. The van der Waals surface area contributed by atoms with Gasteiger partial charge in [-0.2, -0.15) is 9.36 Å². The number of hydrogen-bond acceptors (Lipinski definition) is 7. The normalized spacial score (nSPS) is 11.5. The topological polar surface area (TPSA) is 78.9 Å². The van der Waals surface area contributed by atoms with Crippen LogP contribution in [0.2, 0.25) is 0 Å². The van der Waals surface area contributed by atoms with E-state index >= 15 is 0 Å². The predicted molar refractivity (Wildman–Crippen MR) is 138 cm³/mol. The van der Waals surface area contributed by atoms with Crippen LogP contribution in [0.3, 0.4) is 0 Å². The SMILES string of the molecule is CCSc1nsc(NC(=O)C(CC)Sc2cccc(NC(=S)Nc3ccccc3)c2)n1. The molecule has 1 atom stereocenters. The summed E-state index contributed by atoms with van der Waals surface area (Å²) in [7, 11) is 0. The summed E-state index contributed by atoms with van der Waals surface area (Å²) in [5, 5.41) is 10.7. The zero-order valence-electron chi connectivity index (χ0n) is 17.1. The number of hydrogen-bond donors (Lipinski definition) is 3. The quantitative estimate of drug-likeness (QED) is 0.251. The van der Waals surface area contributed by atoms with Crippen molar-refractivity contribution in [2.75, 3.05) is 21.7 Å². The van der Waals surface area contributed by atoms with E-state index in [0.717, 1.165) is 22.0 Å². The molecule has 10 heteroatoms. The Labute approximate surface area is 200 Å². The number of para-hydroxylation sites is 1. The van der Waals surface area contributed by atoms with Crippen LogP contribution >= 0.6 is 47.3 Å². The van der Waals surface area contributed by atoms with Crippen LogP contribution in [-0.2, 0) is 4.79 Å². The number of rotatable bonds is 9. The van der Waals surface area contributed by atoms with Crippen LogP contribution in [0.1, 0.15) is 20.3 Å². The lowest BCUT2D eigenvalue weighted by atomic mass is 10.3. The van der Waals surface area contributed by atoms with Crippen molar-refractivity contribution in [3.8, 4) is 0 Å². The van der Waals surface area contributed by atoms with E-state index in [9.17, 15) is 4.79 Å². The first kappa shape index (κ1) is 23.5. The van der Waals surface area contributed by atoms with Crippen molar-refractivity contribution in [2.24, 2.45) is 0 Å². The van der Waals surface area contributed by atoms with Gasteiger partial charge in [0.1, 0.15) is 0 Å². The van der Waals surface area contributed by atoms with Gasteiger partial charge in [-0.15, -0.1) is 11.8 Å². The molecule has 3 aromatic rings. The molecule has 6 nitrogen and oxygen atoms in total. The Kier molecular flexibility index (Phi) is 9.13. The van der Waals surface area contributed by atoms with Crippen molar-refractivity contribution in [3.05, 3.63) is 54.6 Å². The summed E-state index contributed by atoms with van der Waals surface area (Å²) < 4.78 is 4.24. The van der Waals surface area contributed by atoms with E-state index < -0.39 is 0 Å². The van der Waals surface area contributed by atoms with Crippen molar-refractivity contribution >= 4 is 74.8 Å². The Morgan fingerprint density at radius 2 is 1.81 bits per heavy atom. The van der Waals surface area contributed by atoms with Crippen LogP contribution in [0.5, 0.6) is 0 Å². The third-order valence-corrected chi connectivity index (χ3v) is 7.01. The van der Waals surface area contributed by atoms with Crippen molar-refractivity contribution in [1.82, 2.24) is 9.36 Å². The molecule has 3 rings (SSSR count). The first-order valence-corrected chi connectivity index (χ1v) is 12.8. The number of nitrogens with one attached hydrogen (secondary N) is 3. The molecule has 1 amide bonds. The summed E-state index contributed by atoms with van der Waals surface area (Å²) in [6, 6.07) is 17.6. The molecule has 0 saturated carbocycles. The minimum Gasteiger partial charge on any atom is -0.332 e. The molecule has 0 aliphatic heterocycles. The fourth-order valence-corrected chi connectivity index (χ4v) is 5.11. The highest BCUT2D eigenvalue weighted by Gasteiger charge is 2.20. The fourth-order valence-electron chi connectivity index (χ4n) is 2.58. The lowest BCUT2D eigenvalue weighted by Gasteiger charge is -2.15. The van der Waals surface area contributed by atoms with E-state index in [4.69, 9.17) is 12.2 Å². The summed E-state index contributed by atoms with van der Waals surface area (Å²) in [5.41, 5.74) is 1.78. The molecule has 1 heterocycles. The molecule has 0 spiro atoms. The average molecular weight is 490 g/mol. The lowest BCUT2D eigenvalue weighted by Crippen LogP contribution is -2.24. The number of carbonyl (C=O) groups is 1. The maximum Gasteiger partial charge on any atom is 0.239 e. The molecule has 0 fully saturated rings. The third-order valence-electron chi connectivity index (χ3n) is 3.98. The Balaban J connectivity index is 1.58. The maximum absolute atomic E-state index is 12.7. The lowest BCUT2D eigenvalue weighted by molar-refractivity contribution is -0.115. The van der Waals surface area contributed by atoms with Crippen LogP contribution in [-0.4, -0.2) is 31.4 Å². The van der Waals surface area contributed by atoms with Gasteiger partial charge in [0, 0.05) is 27.8 Å². The Morgan fingerprint density at radius 3 is 2.55 bits per heavy atom. The molecule has 1 aromatic heterocycles. The van der Waals surface area contributed by atoms with Crippen molar-refractivity contribution < 1.29 is 4.79 Å². The van der Waals surface area contributed by atoms with Gasteiger partial charge in [0.05, 0.1) is 5.25 Å². The van der Waals surface area contributed by atoms with E-state index in [-0.39, 0.29) is 11.2 Å². The van der Waals surface area contributed by atoms with Gasteiger partial charge in [-0.25, -0.2) is 0 Å². The highest BCUT2D eigenvalue weighted by atomic mass is 32.2. The van der Waals surface area contributed by atoms with E-state index in [1.54, 1.807) is 11.8 Å². The number of aromatic nitrogens is 2. The number of amides is 1. The smallest absolute Gasteiger partial charge is 0.239 e. The first-order valence-electron chi connectivity index (χ1n) is 9.74. The number of carbonyl (C=O) groups excluding carboxylic acids is 1. The van der Waals surface area contributed by atoms with Gasteiger partial charge in [-0.1, -0.05) is 49.9 Å². The van der Waals surface area contributed by atoms with Gasteiger partial charge < -0.3 is 10.6 Å². The molecule has 162 valence electrons. The number of thiocarbonyl (C=S) groups is 1. The Hall–Kier alpha value is -2.14. The van der Waals surface area contributed by atoms with E-state index in [1.165, 1.54) is 23.3 Å². The van der Waals surface area contributed by atoms with Crippen LogP contribution in [0.25, 0.3) is 0 Å². The first-order chi connectivity index (χ1) is 15.1. The number of thioether (sulfide) groups is 2. The van der Waals surface area contributed by atoms with Crippen LogP contribution in [0, 0.1) is 0 Å². The monoisotopic (exact) mass is 489 g/mol. The second-order valence-electron chi connectivity index (χ2n) is 6.29. The summed E-state index contributed by atoms with van der Waals surface area (Å²) in [6.07, 6.45) is 0.692. The second-order valence-corrected chi connectivity index (χ2v) is 9.96. The second kappa shape index (κ2) is 12.0. The van der Waals surface area contributed by atoms with Crippen LogP contribution < -0.4 is 16.0 Å². The Bertz CT molecular complexity index is 1010. The van der Waals surface area contributed by atoms with Crippen LogP contribution in [0.4, 0.5) is 16.5 Å². The summed E-state index contributed by atoms with van der Waals surface area (Å²) in [5.74, 6) is 0.822. The standard InChI is InChI=1S/C21H23N5OS4/c1-3-17(18(27)24-20-25-21(26-31-20)29-4-2)30-16-12-8-11-15(13-16)23-19(28)22-14-9-6-5-7-10-14/h5-13,17H,3-4H2,1-2H3,(H2,22,23,28)(H,24,25,26,27). The molecule has 0 radical (unpaired) electrons. The fraction of sp³-hybridized carbons (Fsp3) is 0.238. The highest BCUT2D eigenvalue weighted by Crippen LogP contribution is 2.29. The number of anilines is 3. The minimum atomic E-state index is -0.240. The van der Waals surface area contributed by atoms with Crippen LogP contribution in [0.15, 0.2) is 64.6 Å². The molecule has 2 aromatic carbocycles. The van der Waals surface area contributed by atoms with Gasteiger partial charge >= 0.3 is 0 Å². The van der Waals surface area contributed by atoms with Gasteiger partial charge in [0.2, 0.25) is 16.2 Å². The van der Waals surface area contributed by atoms with Crippen molar-refractivity contribution in [1.29, 1.82) is 0 Å². The van der Waals surface area contributed by atoms with Crippen molar-refractivity contribution in [2.45, 2.75) is 35.6 Å². The van der Waals surface area contributed by atoms with Gasteiger partial charge in [-0.05, 0) is 54.7 Å².